The van der Waals surface area contributed by atoms with E-state index in [1.165, 1.54) is 11.3 Å². The fourth-order valence-electron chi connectivity index (χ4n) is 0.715. The van der Waals surface area contributed by atoms with Gasteiger partial charge >= 0.3 is 0 Å². The van der Waals surface area contributed by atoms with Crippen LogP contribution in [0.15, 0.2) is 3.92 Å². The normalized spacial score (nSPS) is 9.77. The first-order valence-corrected chi connectivity index (χ1v) is 5.15. The van der Waals surface area contributed by atoms with Gasteiger partial charge in [0.15, 0.2) is 3.92 Å². The maximum absolute atomic E-state index is 11.0. The number of amides is 1. The molecule has 1 rings (SSSR count). The van der Waals surface area contributed by atoms with Gasteiger partial charge in [-0.2, -0.15) is 0 Å². The third kappa shape index (κ3) is 2.92. The van der Waals surface area contributed by atoms with Crippen molar-refractivity contribution in [3.63, 3.8) is 0 Å². The van der Waals surface area contributed by atoms with E-state index in [2.05, 4.69) is 31.4 Å². The highest BCUT2D eigenvalue weighted by Crippen LogP contribution is 2.22. The fourth-order valence-corrected chi connectivity index (χ4v) is 1.76. The molecule has 1 heterocycles. The number of rotatable bonds is 3. The summed E-state index contributed by atoms with van der Waals surface area (Å²) in [5, 5.41) is 10.9. The summed E-state index contributed by atoms with van der Waals surface area (Å²) in [6.45, 7) is 0.290. The minimum absolute atomic E-state index is 0.0474. The molecular weight excluding hydrogens is 256 g/mol. The molecule has 72 valence electrons. The van der Waals surface area contributed by atoms with Crippen LogP contribution >= 0.6 is 27.3 Å². The van der Waals surface area contributed by atoms with Crippen LogP contribution in [-0.4, -0.2) is 36.7 Å². The average molecular weight is 265 g/mol. The molecule has 0 aliphatic heterocycles. The van der Waals surface area contributed by atoms with Gasteiger partial charge in [-0.05, 0) is 15.9 Å². The molecule has 0 aliphatic carbocycles. The topological polar surface area (TPSA) is 58.1 Å². The smallest absolute Gasteiger partial charge is 0.239 e. The van der Waals surface area contributed by atoms with Crippen molar-refractivity contribution < 1.29 is 4.79 Å². The van der Waals surface area contributed by atoms with Crippen LogP contribution in [0, 0.1) is 0 Å². The van der Waals surface area contributed by atoms with Gasteiger partial charge in [-0.15, -0.1) is 10.2 Å². The Bertz CT molecular complexity index is 303. The van der Waals surface area contributed by atoms with E-state index in [0.717, 1.165) is 5.13 Å². The lowest BCUT2D eigenvalue weighted by atomic mass is 10.5. The standard InChI is InChI=1S/C6H9BrN4OS/c1-8-4(12)3-11(2)6-10-9-5(7)13-6/h3H2,1-2H3,(H,8,12). The van der Waals surface area contributed by atoms with Gasteiger partial charge in [-0.3, -0.25) is 4.79 Å². The highest BCUT2D eigenvalue weighted by Gasteiger charge is 2.09. The molecule has 1 amide bonds. The summed E-state index contributed by atoms with van der Waals surface area (Å²) < 4.78 is 0.714. The predicted molar refractivity (Wildman–Crippen MR) is 54.9 cm³/mol. The van der Waals surface area contributed by atoms with Crippen molar-refractivity contribution in [3.8, 4) is 0 Å². The van der Waals surface area contributed by atoms with Gasteiger partial charge in [-0.1, -0.05) is 11.3 Å². The van der Waals surface area contributed by atoms with E-state index in [9.17, 15) is 4.79 Å². The van der Waals surface area contributed by atoms with Crippen LogP contribution in [0.3, 0.4) is 0 Å². The molecule has 1 aromatic heterocycles. The summed E-state index contributed by atoms with van der Waals surface area (Å²) in [4.78, 5) is 12.7. The molecule has 1 aromatic rings. The lowest BCUT2D eigenvalue weighted by Crippen LogP contribution is -2.32. The number of hydrogen-bond donors (Lipinski definition) is 1. The molecule has 0 atom stereocenters. The summed E-state index contributed by atoms with van der Waals surface area (Å²) >= 11 is 4.59. The zero-order valence-electron chi connectivity index (χ0n) is 7.24. The lowest BCUT2D eigenvalue weighted by molar-refractivity contribution is -0.119. The molecule has 0 bridgehead atoms. The molecule has 0 fully saturated rings. The second-order valence-electron chi connectivity index (χ2n) is 2.37. The Morgan fingerprint density at radius 2 is 2.38 bits per heavy atom. The monoisotopic (exact) mass is 264 g/mol. The highest BCUT2D eigenvalue weighted by atomic mass is 79.9. The minimum Gasteiger partial charge on any atom is -0.358 e. The van der Waals surface area contributed by atoms with E-state index in [0.29, 0.717) is 3.92 Å². The van der Waals surface area contributed by atoms with Crippen LogP contribution in [0.4, 0.5) is 5.13 Å². The van der Waals surface area contributed by atoms with E-state index >= 15 is 0 Å². The van der Waals surface area contributed by atoms with E-state index in [4.69, 9.17) is 0 Å². The predicted octanol–water partition coefficient (Wildman–Crippen LogP) is 0.483. The van der Waals surface area contributed by atoms with Crippen molar-refractivity contribution in [2.75, 3.05) is 25.5 Å². The molecule has 0 aromatic carbocycles. The number of carbonyl (C=O) groups is 1. The average Bonchev–Trinajstić information content (AvgIpc) is 2.51. The second-order valence-corrected chi connectivity index (χ2v) is 4.60. The molecule has 5 nitrogen and oxygen atoms in total. The van der Waals surface area contributed by atoms with Gasteiger partial charge in [0.2, 0.25) is 11.0 Å². The highest BCUT2D eigenvalue weighted by molar-refractivity contribution is 9.11. The van der Waals surface area contributed by atoms with Crippen LogP contribution in [0.1, 0.15) is 0 Å². The number of halogens is 1. The number of aromatic nitrogens is 2. The second kappa shape index (κ2) is 4.52. The molecule has 7 heteroatoms. The van der Waals surface area contributed by atoms with Gasteiger partial charge < -0.3 is 10.2 Å². The van der Waals surface area contributed by atoms with Crippen molar-refractivity contribution in [1.29, 1.82) is 0 Å². The minimum atomic E-state index is -0.0474. The molecule has 0 spiro atoms. The Morgan fingerprint density at radius 3 is 2.85 bits per heavy atom. The zero-order valence-corrected chi connectivity index (χ0v) is 9.65. The lowest BCUT2D eigenvalue weighted by Gasteiger charge is -2.12. The number of nitrogens with one attached hydrogen (secondary N) is 1. The van der Waals surface area contributed by atoms with Crippen LogP contribution < -0.4 is 10.2 Å². The number of carbonyl (C=O) groups excluding carboxylic acids is 1. The van der Waals surface area contributed by atoms with E-state index < -0.39 is 0 Å². The zero-order chi connectivity index (χ0) is 9.84. The van der Waals surface area contributed by atoms with Gasteiger partial charge in [0.25, 0.3) is 0 Å². The van der Waals surface area contributed by atoms with Gasteiger partial charge in [0.1, 0.15) is 0 Å². The molecule has 13 heavy (non-hydrogen) atoms. The Kier molecular flexibility index (Phi) is 3.61. The van der Waals surface area contributed by atoms with Gasteiger partial charge in [0.05, 0.1) is 6.54 Å². The Morgan fingerprint density at radius 1 is 1.69 bits per heavy atom. The largest absolute Gasteiger partial charge is 0.358 e. The van der Waals surface area contributed by atoms with Gasteiger partial charge in [-0.25, -0.2) is 0 Å². The molecule has 0 radical (unpaired) electrons. The third-order valence-corrected chi connectivity index (χ3v) is 2.85. The number of anilines is 1. The van der Waals surface area contributed by atoms with Crippen LogP contribution in [0.2, 0.25) is 0 Å². The number of nitrogens with zero attached hydrogens (tertiary/aromatic N) is 3. The summed E-state index contributed by atoms with van der Waals surface area (Å²) in [6, 6.07) is 0. The number of likely N-dealkylation sites (N-methyl/N-ethyl adjacent to an activating group) is 2. The first-order chi connectivity index (χ1) is 6.13. The maximum Gasteiger partial charge on any atom is 0.239 e. The van der Waals surface area contributed by atoms with E-state index in [1.54, 1.807) is 19.0 Å². The van der Waals surface area contributed by atoms with E-state index in [-0.39, 0.29) is 12.5 Å². The van der Waals surface area contributed by atoms with Crippen LogP contribution in [0.5, 0.6) is 0 Å². The molecular formula is C6H9BrN4OS. The van der Waals surface area contributed by atoms with Crippen molar-refractivity contribution >= 4 is 38.3 Å². The summed E-state index contributed by atoms with van der Waals surface area (Å²) in [5.74, 6) is -0.0474. The number of hydrogen-bond acceptors (Lipinski definition) is 5. The fraction of sp³-hybridized carbons (Fsp3) is 0.500. The van der Waals surface area contributed by atoms with Gasteiger partial charge in [0, 0.05) is 14.1 Å². The van der Waals surface area contributed by atoms with Crippen LogP contribution in [-0.2, 0) is 4.79 Å². The molecule has 0 unspecified atom stereocenters. The Balaban J connectivity index is 2.58. The first-order valence-electron chi connectivity index (χ1n) is 3.54. The Hall–Kier alpha value is -0.690. The van der Waals surface area contributed by atoms with Crippen molar-refractivity contribution in [2.45, 2.75) is 0 Å². The molecule has 0 saturated heterocycles. The summed E-state index contributed by atoms with van der Waals surface area (Å²) in [7, 11) is 3.40. The van der Waals surface area contributed by atoms with Crippen molar-refractivity contribution in [1.82, 2.24) is 15.5 Å². The SMILES string of the molecule is CNC(=O)CN(C)c1nnc(Br)s1. The van der Waals surface area contributed by atoms with Crippen LogP contribution in [0.25, 0.3) is 0 Å². The first kappa shape index (κ1) is 10.4. The Labute approximate surface area is 88.3 Å². The molecule has 0 saturated carbocycles. The summed E-state index contributed by atoms with van der Waals surface area (Å²) in [5.41, 5.74) is 0. The maximum atomic E-state index is 11.0. The summed E-state index contributed by atoms with van der Waals surface area (Å²) in [6.07, 6.45) is 0. The van der Waals surface area contributed by atoms with Crippen molar-refractivity contribution in [3.05, 3.63) is 3.92 Å². The van der Waals surface area contributed by atoms with E-state index in [1.807, 2.05) is 0 Å². The van der Waals surface area contributed by atoms with Crippen molar-refractivity contribution in [2.24, 2.45) is 0 Å². The third-order valence-electron chi connectivity index (χ3n) is 1.38. The molecule has 0 aliphatic rings. The molecule has 1 N–H and O–H groups in total. The quantitative estimate of drug-likeness (QED) is 0.863.